The average molecular weight is 735 g/mol. The molecule has 2 bridgehead atoms. The Morgan fingerprint density at radius 2 is 1.91 bits per heavy atom. The number of rotatable bonds is 6. The molecule has 1 spiro atoms. The van der Waals surface area contributed by atoms with E-state index < -0.39 is 70.2 Å². The lowest BCUT2D eigenvalue weighted by atomic mass is 9.84. The zero-order chi connectivity index (χ0) is 25.3. The number of carbonyl (C=O) groups is 2. The molecule has 1 aromatic rings. The molecule has 0 aromatic heterocycles. The number of fused-ring (bicyclic) bond motifs is 4. The Bertz CT molecular complexity index is 1160. The lowest BCUT2D eigenvalue weighted by molar-refractivity contribution is -0.187. The van der Waals surface area contributed by atoms with Crippen LogP contribution in [0.4, 0.5) is 17.6 Å². The van der Waals surface area contributed by atoms with Gasteiger partial charge in [0.2, 0.25) is 0 Å². The Kier molecular flexibility index (Phi) is 6.56. The second kappa shape index (κ2) is 8.55. The molecule has 9 nitrogen and oxygen atoms in total. The Morgan fingerprint density at radius 3 is 2.50 bits per heavy atom. The lowest BCUT2D eigenvalue weighted by Gasteiger charge is -2.39. The van der Waals surface area contributed by atoms with E-state index in [1.807, 2.05) is 22.6 Å². The summed E-state index contributed by atoms with van der Waals surface area (Å²) in [5.74, 6) is -9.09. The van der Waals surface area contributed by atoms with Gasteiger partial charge < -0.3 is 23.5 Å². The number of hydrogen-bond acceptors (Lipinski definition) is 9. The van der Waals surface area contributed by atoms with Crippen molar-refractivity contribution in [3.05, 3.63) is 24.8 Å². The Balaban J connectivity index is 1.38. The Hall–Kier alpha value is -0.990. The molecule has 4 rings (SSSR count). The Labute approximate surface area is 216 Å². The summed E-state index contributed by atoms with van der Waals surface area (Å²) in [5.41, 5.74) is 0.259. The molecule has 3 heterocycles. The van der Waals surface area contributed by atoms with Gasteiger partial charge in [-0.05, 0) is 63.7 Å². The van der Waals surface area contributed by atoms with Crippen LogP contribution in [0.1, 0.15) is 29.6 Å². The van der Waals surface area contributed by atoms with Crippen LogP contribution in [0.15, 0.2) is 12.1 Å². The standard InChI is InChI=1S/C18H14F4I2O9S/c19-17(20,18(21,22)34(27,28)29)3-4-30-14(25)7-5-11-16(6-10(7)31-11)32-9-2-1-8(23)13(24)12(9)15(26)33-16/h1-2,7,10-11H,3-6H2,(H,27,28,29)/p-1. The third-order valence-electron chi connectivity index (χ3n) is 5.74. The van der Waals surface area contributed by atoms with Crippen molar-refractivity contribution in [3.8, 4) is 5.75 Å². The van der Waals surface area contributed by atoms with E-state index in [9.17, 15) is 40.1 Å². The highest BCUT2D eigenvalue weighted by molar-refractivity contribution is 14.1. The number of ether oxygens (including phenoxy) is 4. The van der Waals surface area contributed by atoms with Gasteiger partial charge in [0.1, 0.15) is 17.4 Å². The molecule has 3 aliphatic heterocycles. The molecule has 2 fully saturated rings. The van der Waals surface area contributed by atoms with E-state index in [1.165, 1.54) is 0 Å². The summed E-state index contributed by atoms with van der Waals surface area (Å²) < 4.78 is 108. The number of hydrogen-bond donors (Lipinski definition) is 0. The van der Waals surface area contributed by atoms with Gasteiger partial charge in [-0.2, -0.15) is 17.6 Å². The van der Waals surface area contributed by atoms with E-state index in [0.717, 1.165) is 3.57 Å². The molecule has 4 atom stereocenters. The van der Waals surface area contributed by atoms with Crippen molar-refractivity contribution in [2.75, 3.05) is 6.61 Å². The predicted molar refractivity (Wildman–Crippen MR) is 117 cm³/mol. The molecule has 4 unspecified atom stereocenters. The minimum Gasteiger partial charge on any atom is -0.743 e. The molecule has 0 N–H and O–H groups in total. The van der Waals surface area contributed by atoms with Gasteiger partial charge in [0.15, 0.2) is 10.1 Å². The van der Waals surface area contributed by atoms with Gasteiger partial charge in [-0.15, -0.1) is 0 Å². The topological polar surface area (TPSA) is 128 Å². The molecule has 0 aliphatic carbocycles. The van der Waals surface area contributed by atoms with E-state index in [2.05, 4.69) is 27.3 Å². The van der Waals surface area contributed by atoms with Gasteiger partial charge in [-0.25, -0.2) is 13.2 Å². The van der Waals surface area contributed by atoms with Crippen LogP contribution >= 0.6 is 45.2 Å². The second-order valence-corrected chi connectivity index (χ2v) is 11.5. The van der Waals surface area contributed by atoms with Crippen molar-refractivity contribution < 1.29 is 59.1 Å². The summed E-state index contributed by atoms with van der Waals surface area (Å²) in [6.45, 7) is -1.26. The molecule has 188 valence electrons. The van der Waals surface area contributed by atoms with Crippen LogP contribution in [0.3, 0.4) is 0 Å². The van der Waals surface area contributed by atoms with Crippen molar-refractivity contribution in [1.82, 2.24) is 0 Å². The van der Waals surface area contributed by atoms with E-state index in [0.29, 0.717) is 3.57 Å². The third-order valence-corrected chi connectivity index (χ3v) is 9.72. The van der Waals surface area contributed by atoms with Gasteiger partial charge in [-0.1, -0.05) is 0 Å². The van der Waals surface area contributed by atoms with E-state index in [4.69, 9.17) is 14.2 Å². The normalized spacial score (nSPS) is 28.4. The molecule has 0 saturated carbocycles. The van der Waals surface area contributed by atoms with Crippen LogP contribution in [0.5, 0.6) is 5.75 Å². The van der Waals surface area contributed by atoms with E-state index >= 15 is 0 Å². The first-order valence-electron chi connectivity index (χ1n) is 9.53. The summed E-state index contributed by atoms with van der Waals surface area (Å²) in [6, 6.07) is 3.36. The average Bonchev–Trinajstić information content (AvgIpc) is 3.27. The van der Waals surface area contributed by atoms with Crippen LogP contribution in [-0.4, -0.2) is 60.7 Å². The van der Waals surface area contributed by atoms with Gasteiger partial charge in [0.25, 0.3) is 5.79 Å². The number of alkyl halides is 4. The van der Waals surface area contributed by atoms with Crippen molar-refractivity contribution in [1.29, 1.82) is 0 Å². The van der Waals surface area contributed by atoms with Crippen LogP contribution in [0, 0.1) is 13.1 Å². The molecular weight excluding hydrogens is 722 g/mol. The first-order valence-corrected chi connectivity index (χ1v) is 13.1. The van der Waals surface area contributed by atoms with Crippen LogP contribution in [0.2, 0.25) is 0 Å². The summed E-state index contributed by atoms with van der Waals surface area (Å²) in [7, 11) is -6.63. The van der Waals surface area contributed by atoms with Crippen molar-refractivity contribution in [3.63, 3.8) is 0 Å². The molecule has 1 aromatic carbocycles. The minimum atomic E-state index is -6.63. The van der Waals surface area contributed by atoms with Gasteiger partial charge in [0, 0.05) is 7.14 Å². The van der Waals surface area contributed by atoms with E-state index in [-0.39, 0.29) is 24.2 Å². The van der Waals surface area contributed by atoms with Crippen LogP contribution in [-0.2, 0) is 29.1 Å². The first kappa shape index (κ1) is 26.1. The quantitative estimate of drug-likeness (QED) is 0.188. The molecule has 0 amide bonds. The smallest absolute Gasteiger partial charge is 0.396 e. The summed E-state index contributed by atoms with van der Waals surface area (Å²) >= 11 is 4.04. The Morgan fingerprint density at radius 1 is 1.24 bits per heavy atom. The lowest BCUT2D eigenvalue weighted by Crippen LogP contribution is -2.53. The van der Waals surface area contributed by atoms with Gasteiger partial charge in [-0.3, -0.25) is 4.79 Å². The van der Waals surface area contributed by atoms with Crippen LogP contribution < -0.4 is 4.74 Å². The molecule has 0 radical (unpaired) electrons. The maximum absolute atomic E-state index is 13.5. The number of esters is 2. The van der Waals surface area contributed by atoms with Gasteiger partial charge >= 0.3 is 23.1 Å². The fourth-order valence-corrected chi connectivity index (χ4v) is 5.61. The summed E-state index contributed by atoms with van der Waals surface area (Å²) in [6.07, 6.45) is -3.74. The summed E-state index contributed by atoms with van der Waals surface area (Å²) in [5, 5.41) is -5.86. The molecule has 3 aliphatic rings. The third kappa shape index (κ3) is 4.15. The number of benzene rings is 1. The maximum atomic E-state index is 13.5. The predicted octanol–water partition coefficient (Wildman–Crippen LogP) is 3.03. The summed E-state index contributed by atoms with van der Waals surface area (Å²) in [4.78, 5) is 25.0. The van der Waals surface area contributed by atoms with Crippen molar-refractivity contribution in [2.45, 2.75) is 48.4 Å². The largest absolute Gasteiger partial charge is 0.743 e. The minimum absolute atomic E-state index is 0.0605. The number of halogens is 6. The molecule has 16 heteroatoms. The molecule has 2 saturated heterocycles. The fourth-order valence-electron chi connectivity index (χ4n) is 4.03. The fraction of sp³-hybridized carbons (Fsp3) is 0.556. The monoisotopic (exact) mass is 735 g/mol. The second-order valence-electron chi connectivity index (χ2n) is 7.84. The highest BCUT2D eigenvalue weighted by Gasteiger charge is 2.65. The SMILES string of the molecule is O=C1OC2(CC3OC2CC3C(=O)OCCC(F)(F)C(F)(F)S(=O)(=O)[O-])Oc2ccc(I)c(I)c21. The highest BCUT2D eigenvalue weighted by atomic mass is 127. The van der Waals surface area contributed by atoms with Gasteiger partial charge in [0.05, 0.1) is 31.5 Å². The number of carbonyl (C=O) groups excluding carboxylic acids is 2. The van der Waals surface area contributed by atoms with Crippen molar-refractivity contribution >= 4 is 67.2 Å². The zero-order valence-electron chi connectivity index (χ0n) is 16.6. The van der Waals surface area contributed by atoms with E-state index in [1.54, 1.807) is 12.1 Å². The van der Waals surface area contributed by atoms with Crippen molar-refractivity contribution in [2.24, 2.45) is 5.92 Å². The molecule has 34 heavy (non-hydrogen) atoms. The highest BCUT2D eigenvalue weighted by Crippen LogP contribution is 2.51. The molecular formula is C18H13F4I2O9S-. The van der Waals surface area contributed by atoms with Crippen LogP contribution in [0.25, 0.3) is 0 Å². The zero-order valence-corrected chi connectivity index (χ0v) is 21.7. The first-order chi connectivity index (χ1) is 15.6. The maximum Gasteiger partial charge on any atom is 0.396 e.